The van der Waals surface area contributed by atoms with Crippen LogP contribution in [-0.2, 0) is 0 Å². The van der Waals surface area contributed by atoms with Crippen LogP contribution in [0.5, 0.6) is 5.75 Å². The molecular weight excluding hydrogens is 362 g/mol. The van der Waals surface area contributed by atoms with E-state index in [0.717, 1.165) is 0 Å². The molecule has 1 heterocycles. The van der Waals surface area contributed by atoms with Gasteiger partial charge in [-0.3, -0.25) is 14.9 Å². The van der Waals surface area contributed by atoms with Gasteiger partial charge in [0.1, 0.15) is 11.3 Å². The molecule has 4 rings (SSSR count). The average molecular weight is 375 g/mol. The van der Waals surface area contributed by atoms with Gasteiger partial charge in [-0.05, 0) is 42.5 Å². The monoisotopic (exact) mass is 375 g/mol. The predicted octanol–water partition coefficient (Wildman–Crippen LogP) is 4.36. The maximum absolute atomic E-state index is 12.4. The molecule has 1 amide bonds. The first-order valence-electron chi connectivity index (χ1n) is 8.26. The van der Waals surface area contributed by atoms with Crippen molar-refractivity contribution >= 4 is 28.4 Å². The molecule has 0 bridgehead atoms. The SMILES string of the molecule is O=C(Nc1ccc(O)c(-c2nc3ccccc3o2)c1)c1ccc([N+](=O)[O-])cc1. The van der Waals surface area contributed by atoms with Crippen LogP contribution >= 0.6 is 0 Å². The number of oxazole rings is 1. The second kappa shape index (κ2) is 6.84. The first-order valence-corrected chi connectivity index (χ1v) is 8.26. The van der Waals surface area contributed by atoms with Gasteiger partial charge < -0.3 is 14.8 Å². The minimum atomic E-state index is -0.533. The zero-order chi connectivity index (χ0) is 19.7. The van der Waals surface area contributed by atoms with Gasteiger partial charge in [-0.1, -0.05) is 12.1 Å². The van der Waals surface area contributed by atoms with Gasteiger partial charge in [-0.15, -0.1) is 0 Å². The van der Waals surface area contributed by atoms with Crippen LogP contribution in [0.1, 0.15) is 10.4 Å². The van der Waals surface area contributed by atoms with Crippen molar-refractivity contribution in [3.8, 4) is 17.2 Å². The number of aromatic hydroxyl groups is 1. The summed E-state index contributed by atoms with van der Waals surface area (Å²) >= 11 is 0. The molecule has 0 aliphatic rings. The number of para-hydroxylation sites is 2. The van der Waals surface area contributed by atoms with Crippen LogP contribution in [0.2, 0.25) is 0 Å². The number of nitrogens with zero attached hydrogens (tertiary/aromatic N) is 2. The van der Waals surface area contributed by atoms with Crippen LogP contribution in [-0.4, -0.2) is 20.9 Å². The summed E-state index contributed by atoms with van der Waals surface area (Å²) < 4.78 is 5.67. The second-order valence-electron chi connectivity index (χ2n) is 5.98. The third-order valence-electron chi connectivity index (χ3n) is 4.12. The number of phenolic OH excluding ortho intramolecular Hbond substituents is 1. The number of fused-ring (bicyclic) bond motifs is 1. The smallest absolute Gasteiger partial charge is 0.269 e. The molecule has 138 valence electrons. The molecule has 0 unspecified atom stereocenters. The number of nitro benzene ring substituents is 1. The fourth-order valence-corrected chi connectivity index (χ4v) is 2.71. The lowest BCUT2D eigenvalue weighted by Crippen LogP contribution is -2.11. The van der Waals surface area contributed by atoms with E-state index in [-0.39, 0.29) is 22.9 Å². The van der Waals surface area contributed by atoms with Gasteiger partial charge in [0.15, 0.2) is 5.58 Å². The van der Waals surface area contributed by atoms with Gasteiger partial charge in [0.2, 0.25) is 5.89 Å². The summed E-state index contributed by atoms with van der Waals surface area (Å²) in [6.45, 7) is 0. The van der Waals surface area contributed by atoms with Crippen molar-refractivity contribution < 1.29 is 19.2 Å². The van der Waals surface area contributed by atoms with Gasteiger partial charge in [0.25, 0.3) is 11.6 Å². The van der Waals surface area contributed by atoms with E-state index in [9.17, 15) is 20.0 Å². The Kier molecular flexibility index (Phi) is 4.21. The fourth-order valence-electron chi connectivity index (χ4n) is 2.71. The van der Waals surface area contributed by atoms with Gasteiger partial charge in [-0.2, -0.15) is 0 Å². The number of non-ortho nitro benzene ring substituents is 1. The second-order valence-corrected chi connectivity index (χ2v) is 5.98. The Morgan fingerprint density at radius 3 is 2.54 bits per heavy atom. The van der Waals surface area contributed by atoms with Crippen LogP contribution in [0.25, 0.3) is 22.6 Å². The molecule has 4 aromatic rings. The Hall–Kier alpha value is -4.20. The standard InChI is InChI=1S/C20H13N3O5/c24-17-10-7-13(21-19(25)12-5-8-14(9-6-12)23(26)27)11-15(17)20-22-16-3-1-2-4-18(16)28-20/h1-11,24H,(H,21,25). The summed E-state index contributed by atoms with van der Waals surface area (Å²) in [5.41, 5.74) is 2.15. The number of anilines is 1. The Morgan fingerprint density at radius 2 is 1.82 bits per heavy atom. The maximum Gasteiger partial charge on any atom is 0.269 e. The number of carbonyl (C=O) groups is 1. The summed E-state index contributed by atoms with van der Waals surface area (Å²) in [5, 5.41) is 23.6. The van der Waals surface area contributed by atoms with Gasteiger partial charge in [0.05, 0.1) is 10.5 Å². The summed E-state index contributed by atoms with van der Waals surface area (Å²) in [7, 11) is 0. The number of phenols is 1. The lowest BCUT2D eigenvalue weighted by molar-refractivity contribution is -0.384. The van der Waals surface area contributed by atoms with E-state index in [1.165, 1.54) is 36.4 Å². The van der Waals surface area contributed by atoms with Crippen LogP contribution in [0.15, 0.2) is 71.1 Å². The molecule has 0 saturated carbocycles. The van der Waals surface area contributed by atoms with E-state index in [1.54, 1.807) is 18.2 Å². The Bertz CT molecular complexity index is 1170. The number of nitro groups is 1. The number of rotatable bonds is 4. The molecule has 8 nitrogen and oxygen atoms in total. The van der Waals surface area contributed by atoms with Crippen LogP contribution in [0, 0.1) is 10.1 Å². The Labute approximate surface area is 158 Å². The molecule has 0 saturated heterocycles. The number of aromatic nitrogens is 1. The predicted molar refractivity (Wildman–Crippen MR) is 102 cm³/mol. The first-order chi connectivity index (χ1) is 13.5. The molecule has 8 heteroatoms. The van der Waals surface area contributed by atoms with Gasteiger partial charge in [-0.25, -0.2) is 4.98 Å². The van der Waals surface area contributed by atoms with Crippen LogP contribution in [0.3, 0.4) is 0 Å². The van der Waals surface area contributed by atoms with Crippen LogP contribution < -0.4 is 5.32 Å². The van der Waals surface area contributed by atoms with E-state index in [2.05, 4.69) is 10.3 Å². The Balaban J connectivity index is 1.61. The molecule has 0 spiro atoms. The molecule has 0 atom stereocenters. The molecule has 0 aliphatic carbocycles. The number of amides is 1. The lowest BCUT2D eigenvalue weighted by Gasteiger charge is -2.07. The third-order valence-corrected chi connectivity index (χ3v) is 4.12. The van der Waals surface area contributed by atoms with Crippen molar-refractivity contribution in [2.75, 3.05) is 5.32 Å². The molecule has 0 fully saturated rings. The number of hydrogen-bond acceptors (Lipinski definition) is 6. The van der Waals surface area contributed by atoms with Crippen molar-refractivity contribution in [1.29, 1.82) is 0 Å². The Morgan fingerprint density at radius 1 is 1.07 bits per heavy atom. The first kappa shape index (κ1) is 17.2. The number of benzene rings is 3. The van der Waals surface area contributed by atoms with Crippen LogP contribution in [0.4, 0.5) is 11.4 Å². The van der Waals surface area contributed by atoms with E-state index in [1.807, 2.05) is 12.1 Å². The van der Waals surface area contributed by atoms with E-state index < -0.39 is 10.8 Å². The summed E-state index contributed by atoms with van der Waals surface area (Å²) in [6.07, 6.45) is 0. The van der Waals surface area contributed by atoms with E-state index in [0.29, 0.717) is 22.4 Å². The maximum atomic E-state index is 12.4. The van der Waals surface area contributed by atoms with Gasteiger partial charge in [0, 0.05) is 23.4 Å². The molecule has 0 radical (unpaired) electrons. The van der Waals surface area contributed by atoms with Crippen molar-refractivity contribution in [1.82, 2.24) is 4.98 Å². The lowest BCUT2D eigenvalue weighted by atomic mass is 10.1. The highest BCUT2D eigenvalue weighted by Gasteiger charge is 2.15. The summed E-state index contributed by atoms with van der Waals surface area (Å²) in [4.78, 5) is 26.9. The topological polar surface area (TPSA) is 118 Å². The van der Waals surface area contributed by atoms with E-state index in [4.69, 9.17) is 4.42 Å². The minimum absolute atomic E-state index is 0.0418. The molecule has 0 aliphatic heterocycles. The quantitative estimate of drug-likeness (QED) is 0.311. The zero-order valence-electron chi connectivity index (χ0n) is 14.3. The van der Waals surface area contributed by atoms with Crippen molar-refractivity contribution in [2.45, 2.75) is 0 Å². The van der Waals surface area contributed by atoms with Crippen molar-refractivity contribution in [3.63, 3.8) is 0 Å². The molecule has 3 aromatic carbocycles. The number of hydrogen-bond donors (Lipinski definition) is 2. The molecule has 28 heavy (non-hydrogen) atoms. The molecule has 1 aromatic heterocycles. The minimum Gasteiger partial charge on any atom is -0.507 e. The van der Waals surface area contributed by atoms with Gasteiger partial charge >= 0.3 is 0 Å². The average Bonchev–Trinajstić information content (AvgIpc) is 3.13. The zero-order valence-corrected chi connectivity index (χ0v) is 14.3. The van der Waals surface area contributed by atoms with Crippen molar-refractivity contribution in [3.05, 3.63) is 82.4 Å². The number of carbonyl (C=O) groups excluding carboxylic acids is 1. The third kappa shape index (κ3) is 3.26. The summed E-state index contributed by atoms with van der Waals surface area (Å²) in [5.74, 6) is -0.255. The molecular formula is C20H13N3O5. The van der Waals surface area contributed by atoms with Crippen molar-refractivity contribution in [2.24, 2.45) is 0 Å². The summed E-state index contributed by atoms with van der Waals surface area (Å²) in [6, 6.07) is 17.0. The normalized spacial score (nSPS) is 10.7. The van der Waals surface area contributed by atoms with E-state index >= 15 is 0 Å². The highest BCUT2D eigenvalue weighted by Crippen LogP contribution is 2.33. The molecule has 2 N–H and O–H groups in total. The largest absolute Gasteiger partial charge is 0.507 e. The highest BCUT2D eigenvalue weighted by atomic mass is 16.6. The highest BCUT2D eigenvalue weighted by molar-refractivity contribution is 6.04. The fraction of sp³-hybridized carbons (Fsp3) is 0. The number of nitrogens with one attached hydrogen (secondary N) is 1.